The average molecular weight is 366 g/mol. The van der Waals surface area contributed by atoms with Crippen molar-refractivity contribution in [3.8, 4) is 0 Å². The quantitative estimate of drug-likeness (QED) is 0.537. The summed E-state index contributed by atoms with van der Waals surface area (Å²) < 4.78 is 5.27. The van der Waals surface area contributed by atoms with Gasteiger partial charge in [-0.2, -0.15) is 0 Å². The largest absolute Gasteiger partial charge is 0.465 e. The summed E-state index contributed by atoms with van der Waals surface area (Å²) in [6, 6.07) is 8.82. The molecule has 0 saturated heterocycles. The molecule has 0 aromatic heterocycles. The van der Waals surface area contributed by atoms with Gasteiger partial charge in [0, 0.05) is 6.04 Å². The summed E-state index contributed by atoms with van der Waals surface area (Å²) >= 11 is 0. The lowest BCUT2D eigenvalue weighted by Crippen LogP contribution is -2.44. The number of amides is 2. The van der Waals surface area contributed by atoms with Crippen LogP contribution in [0.15, 0.2) is 30.3 Å². The fraction of sp³-hybridized carbons (Fsp3) is 0.579. The number of benzene rings is 1. The Kier molecular flexibility index (Phi) is 8.92. The maximum Gasteiger partial charge on any atom is 0.407 e. The average Bonchev–Trinajstić information content (AvgIpc) is 2.57. The fourth-order valence-corrected chi connectivity index (χ4v) is 2.58. The van der Waals surface area contributed by atoms with Crippen LogP contribution in [0.25, 0.3) is 0 Å². The summed E-state index contributed by atoms with van der Waals surface area (Å²) in [5.41, 5.74) is 0.737. The van der Waals surface area contributed by atoms with Crippen LogP contribution in [-0.4, -0.2) is 41.1 Å². The molecule has 0 radical (unpaired) electrons. The van der Waals surface area contributed by atoms with E-state index in [9.17, 15) is 14.7 Å². The Morgan fingerprint density at radius 1 is 1.12 bits per heavy atom. The lowest BCUT2D eigenvalue weighted by Gasteiger charge is -2.31. The first-order chi connectivity index (χ1) is 12.2. The SMILES string of the molecule is CC(C)(C)C(CCC[C@@H](CO)NC(=O)O)NC(=O)OCc1ccccc1. The topological polar surface area (TPSA) is 108 Å². The van der Waals surface area contributed by atoms with Gasteiger partial charge in [0.1, 0.15) is 6.61 Å². The van der Waals surface area contributed by atoms with Crippen LogP contribution in [-0.2, 0) is 11.3 Å². The summed E-state index contributed by atoms with van der Waals surface area (Å²) in [6.07, 6.45) is 0.180. The molecule has 0 aliphatic heterocycles. The third-order valence-electron chi connectivity index (χ3n) is 4.14. The second-order valence-corrected chi connectivity index (χ2v) is 7.38. The fourth-order valence-electron chi connectivity index (χ4n) is 2.58. The molecule has 0 saturated carbocycles. The molecule has 0 heterocycles. The second-order valence-electron chi connectivity index (χ2n) is 7.38. The molecule has 7 heteroatoms. The number of alkyl carbamates (subject to hydrolysis) is 1. The van der Waals surface area contributed by atoms with Crippen LogP contribution < -0.4 is 10.6 Å². The standard InChI is InChI=1S/C19H30N2O5/c1-19(2,3)16(11-7-10-15(12-22)20-17(23)24)21-18(25)26-13-14-8-5-4-6-9-14/h4-6,8-9,15-16,20,22H,7,10-13H2,1-3H3,(H,21,25)(H,23,24)/t15-,16?/m0/s1. The van der Waals surface area contributed by atoms with Crippen LogP contribution in [0.2, 0.25) is 0 Å². The van der Waals surface area contributed by atoms with Gasteiger partial charge in [0.15, 0.2) is 0 Å². The Morgan fingerprint density at radius 2 is 1.77 bits per heavy atom. The van der Waals surface area contributed by atoms with Crippen molar-refractivity contribution in [2.45, 2.75) is 58.7 Å². The molecule has 2 amide bonds. The third kappa shape index (κ3) is 8.71. The molecule has 146 valence electrons. The molecule has 0 bridgehead atoms. The molecule has 4 N–H and O–H groups in total. The van der Waals surface area contributed by atoms with E-state index in [1.807, 2.05) is 51.1 Å². The van der Waals surface area contributed by atoms with Gasteiger partial charge >= 0.3 is 12.2 Å². The molecule has 1 aromatic rings. The van der Waals surface area contributed by atoms with Crippen LogP contribution in [0.4, 0.5) is 9.59 Å². The maximum absolute atomic E-state index is 12.1. The number of hydrogen-bond donors (Lipinski definition) is 4. The Morgan fingerprint density at radius 3 is 2.31 bits per heavy atom. The van der Waals surface area contributed by atoms with Crippen molar-refractivity contribution in [1.82, 2.24) is 10.6 Å². The molecule has 1 rings (SSSR count). The number of carboxylic acid groups (broad SMARTS) is 1. The highest BCUT2D eigenvalue weighted by molar-refractivity contribution is 5.67. The second kappa shape index (κ2) is 10.7. The summed E-state index contributed by atoms with van der Waals surface area (Å²) in [5, 5.41) is 23.1. The summed E-state index contributed by atoms with van der Waals surface area (Å²) in [4.78, 5) is 22.8. The van der Waals surface area contributed by atoms with Gasteiger partial charge in [0.25, 0.3) is 0 Å². The number of ether oxygens (including phenoxy) is 1. The van der Waals surface area contributed by atoms with E-state index in [-0.39, 0.29) is 24.7 Å². The highest BCUT2D eigenvalue weighted by atomic mass is 16.5. The summed E-state index contributed by atoms with van der Waals surface area (Å²) in [6.45, 7) is 6.02. The van der Waals surface area contributed by atoms with Gasteiger partial charge in [-0.25, -0.2) is 9.59 Å². The first-order valence-corrected chi connectivity index (χ1v) is 8.80. The smallest absolute Gasteiger partial charge is 0.407 e. The zero-order chi connectivity index (χ0) is 19.6. The lowest BCUT2D eigenvalue weighted by molar-refractivity contribution is 0.123. The number of hydrogen-bond acceptors (Lipinski definition) is 4. The molecule has 1 aromatic carbocycles. The Bertz CT molecular complexity index is 557. The molecule has 0 fully saturated rings. The van der Waals surface area contributed by atoms with Gasteiger partial charge in [-0.15, -0.1) is 0 Å². The van der Waals surface area contributed by atoms with Crippen molar-refractivity contribution in [2.24, 2.45) is 5.41 Å². The molecule has 0 aliphatic carbocycles. The van der Waals surface area contributed by atoms with Gasteiger partial charge in [-0.1, -0.05) is 51.1 Å². The van der Waals surface area contributed by atoms with Gasteiger partial charge in [-0.05, 0) is 30.2 Å². The predicted octanol–water partition coefficient (Wildman–Crippen LogP) is 3.13. The van der Waals surface area contributed by atoms with Crippen LogP contribution in [0, 0.1) is 5.41 Å². The zero-order valence-electron chi connectivity index (χ0n) is 15.7. The van der Waals surface area contributed by atoms with Crippen molar-refractivity contribution < 1.29 is 24.5 Å². The van der Waals surface area contributed by atoms with E-state index in [2.05, 4.69) is 10.6 Å². The molecule has 7 nitrogen and oxygen atoms in total. The first kappa shape index (κ1) is 21.8. The van der Waals surface area contributed by atoms with E-state index >= 15 is 0 Å². The minimum atomic E-state index is -1.15. The molecule has 26 heavy (non-hydrogen) atoms. The number of nitrogens with one attached hydrogen (secondary N) is 2. The summed E-state index contributed by atoms with van der Waals surface area (Å²) in [5.74, 6) is 0. The van der Waals surface area contributed by atoms with Crippen LogP contribution in [0.1, 0.15) is 45.6 Å². The zero-order valence-corrected chi connectivity index (χ0v) is 15.7. The predicted molar refractivity (Wildman–Crippen MR) is 98.9 cm³/mol. The van der Waals surface area contributed by atoms with E-state index in [0.29, 0.717) is 19.3 Å². The molecule has 2 atom stereocenters. The number of carbonyl (C=O) groups excluding carboxylic acids is 1. The number of aliphatic hydroxyl groups is 1. The van der Waals surface area contributed by atoms with Crippen molar-refractivity contribution in [1.29, 1.82) is 0 Å². The third-order valence-corrected chi connectivity index (χ3v) is 4.14. The molecule has 1 unspecified atom stereocenters. The van der Waals surface area contributed by atoms with Crippen molar-refractivity contribution in [3.05, 3.63) is 35.9 Å². The van der Waals surface area contributed by atoms with Crippen LogP contribution >= 0.6 is 0 Å². The summed E-state index contributed by atoms with van der Waals surface area (Å²) in [7, 11) is 0. The van der Waals surface area contributed by atoms with Crippen molar-refractivity contribution in [2.75, 3.05) is 6.61 Å². The van der Waals surface area contributed by atoms with E-state index in [1.165, 1.54) is 0 Å². The van der Waals surface area contributed by atoms with E-state index in [0.717, 1.165) is 5.56 Å². The molecule has 0 aliphatic rings. The Balaban J connectivity index is 2.48. The maximum atomic E-state index is 12.1. The van der Waals surface area contributed by atoms with E-state index < -0.39 is 18.2 Å². The highest BCUT2D eigenvalue weighted by Gasteiger charge is 2.26. The van der Waals surface area contributed by atoms with Crippen LogP contribution in [0.3, 0.4) is 0 Å². The van der Waals surface area contributed by atoms with E-state index in [4.69, 9.17) is 9.84 Å². The Labute approximate surface area is 154 Å². The van der Waals surface area contributed by atoms with Gasteiger partial charge < -0.3 is 25.6 Å². The molecular formula is C19H30N2O5. The van der Waals surface area contributed by atoms with E-state index in [1.54, 1.807) is 0 Å². The van der Waals surface area contributed by atoms with Gasteiger partial charge in [0.05, 0.1) is 12.6 Å². The first-order valence-electron chi connectivity index (χ1n) is 8.80. The number of rotatable bonds is 9. The highest BCUT2D eigenvalue weighted by Crippen LogP contribution is 2.24. The minimum absolute atomic E-state index is 0.130. The molecule has 0 spiro atoms. The van der Waals surface area contributed by atoms with Crippen LogP contribution in [0.5, 0.6) is 0 Å². The van der Waals surface area contributed by atoms with Crippen molar-refractivity contribution >= 4 is 12.2 Å². The normalized spacial score (nSPS) is 13.5. The number of aliphatic hydroxyl groups excluding tert-OH is 1. The van der Waals surface area contributed by atoms with Gasteiger partial charge in [-0.3, -0.25) is 0 Å². The Hall–Kier alpha value is -2.28. The van der Waals surface area contributed by atoms with Gasteiger partial charge in [0.2, 0.25) is 0 Å². The lowest BCUT2D eigenvalue weighted by atomic mass is 9.83. The number of carbonyl (C=O) groups is 2. The molecular weight excluding hydrogens is 336 g/mol. The van der Waals surface area contributed by atoms with Crippen molar-refractivity contribution in [3.63, 3.8) is 0 Å². The monoisotopic (exact) mass is 366 g/mol. The minimum Gasteiger partial charge on any atom is -0.465 e.